The highest BCUT2D eigenvalue weighted by molar-refractivity contribution is 6.14. The maximum Gasteiger partial charge on any atom is 0.333 e. The standard InChI is InChI=1S/C56H64N2O6/c1-38(2)55(62)63-37-48(59)36-56(5,6)64-33-15-9-14-20-51(60)39(3)21-22-41-23-32-49(52(61)35-41)53-40(4)34-50(46-28-24-44(25-29-46)42-16-10-7-11-17-42)57-54(58-53)47-30-26-45(27-31-47)43-18-12-8-13-19-43/h7-8,10-13,16-19,23-32,35,39-40,48,50,59,61H,1,9,14-15,20-22,33-34,36-37H2,2-6H3. The lowest BCUT2D eigenvalue weighted by Crippen LogP contribution is -2.33. The molecule has 1 aliphatic heterocycles. The van der Waals surface area contributed by atoms with Gasteiger partial charge in [0.2, 0.25) is 0 Å². The van der Waals surface area contributed by atoms with Crippen molar-refractivity contribution < 1.29 is 29.3 Å². The third kappa shape index (κ3) is 13.5. The second-order valence-corrected chi connectivity index (χ2v) is 17.9. The molecule has 334 valence electrons. The minimum Gasteiger partial charge on any atom is -0.507 e. The number of nitrogens with zero attached hydrogens (tertiary/aromatic N) is 2. The van der Waals surface area contributed by atoms with Gasteiger partial charge in [-0.2, -0.15) is 0 Å². The number of phenolic OH excluding ortho intramolecular Hbond substituents is 1. The average Bonchev–Trinajstić information content (AvgIpc) is 3.47. The van der Waals surface area contributed by atoms with Crippen LogP contribution in [0.1, 0.15) is 108 Å². The second kappa shape index (κ2) is 22.6. The van der Waals surface area contributed by atoms with E-state index in [0.29, 0.717) is 49.3 Å². The summed E-state index contributed by atoms with van der Waals surface area (Å²) < 4.78 is 11.1. The Morgan fingerprint density at radius 2 is 1.41 bits per heavy atom. The molecule has 2 N–H and O–H groups in total. The van der Waals surface area contributed by atoms with Gasteiger partial charge in [-0.3, -0.25) is 9.79 Å². The van der Waals surface area contributed by atoms with Gasteiger partial charge in [0.1, 0.15) is 18.1 Å². The van der Waals surface area contributed by atoms with Gasteiger partial charge in [0.15, 0.2) is 5.84 Å². The molecule has 4 atom stereocenters. The Bertz CT molecular complexity index is 2390. The lowest BCUT2D eigenvalue weighted by molar-refractivity contribution is -0.143. The van der Waals surface area contributed by atoms with Crippen LogP contribution >= 0.6 is 0 Å². The maximum absolute atomic E-state index is 13.1. The molecule has 0 bridgehead atoms. The van der Waals surface area contributed by atoms with Gasteiger partial charge in [-0.1, -0.05) is 142 Å². The summed E-state index contributed by atoms with van der Waals surface area (Å²) in [4.78, 5) is 35.3. The first-order valence-electron chi connectivity index (χ1n) is 22.7. The Hall–Kier alpha value is -5.96. The number of hydrogen-bond donors (Lipinski definition) is 2. The Morgan fingerprint density at radius 1 is 0.812 bits per heavy atom. The normalized spacial score (nSPS) is 16.2. The molecule has 0 amide bonds. The number of unbranched alkanes of at least 4 members (excludes halogenated alkanes) is 2. The zero-order valence-electron chi connectivity index (χ0n) is 38.1. The number of ketones is 1. The molecule has 8 nitrogen and oxygen atoms in total. The number of esters is 1. The average molecular weight is 861 g/mol. The largest absolute Gasteiger partial charge is 0.507 e. The van der Waals surface area contributed by atoms with Gasteiger partial charge in [0, 0.05) is 48.0 Å². The van der Waals surface area contributed by atoms with Crippen molar-refractivity contribution in [3.05, 3.63) is 162 Å². The highest BCUT2D eigenvalue weighted by Crippen LogP contribution is 2.35. The monoisotopic (exact) mass is 860 g/mol. The number of aliphatic hydroxyl groups is 1. The van der Waals surface area contributed by atoms with E-state index in [1.54, 1.807) is 6.92 Å². The van der Waals surface area contributed by atoms with Crippen molar-refractivity contribution in [2.45, 2.75) is 104 Å². The number of phenols is 1. The third-order valence-electron chi connectivity index (χ3n) is 12.0. The van der Waals surface area contributed by atoms with Gasteiger partial charge in [0.25, 0.3) is 0 Å². The molecule has 0 fully saturated rings. The fourth-order valence-corrected chi connectivity index (χ4v) is 8.19. The van der Waals surface area contributed by atoms with Gasteiger partial charge in [-0.25, -0.2) is 9.79 Å². The molecular formula is C56H64N2O6. The smallest absolute Gasteiger partial charge is 0.333 e. The van der Waals surface area contributed by atoms with E-state index in [2.05, 4.69) is 98.4 Å². The summed E-state index contributed by atoms with van der Waals surface area (Å²) in [5, 5.41) is 21.9. The molecule has 0 aliphatic carbocycles. The van der Waals surface area contributed by atoms with Crippen LogP contribution in [0.25, 0.3) is 22.3 Å². The molecule has 8 heteroatoms. The number of benzene rings is 5. The molecular weight excluding hydrogens is 797 g/mol. The molecule has 0 aromatic heterocycles. The quantitative estimate of drug-likeness (QED) is 0.0431. The number of Topliss-reactive ketones (excluding diaryl/α,β-unsaturated/α-hetero) is 1. The summed E-state index contributed by atoms with van der Waals surface area (Å²) in [6.45, 7) is 13.5. The van der Waals surface area contributed by atoms with Crippen LogP contribution in [0.5, 0.6) is 5.75 Å². The third-order valence-corrected chi connectivity index (χ3v) is 12.0. The van der Waals surface area contributed by atoms with Crippen molar-refractivity contribution in [2.75, 3.05) is 13.2 Å². The van der Waals surface area contributed by atoms with Gasteiger partial charge in [-0.15, -0.1) is 0 Å². The number of carbonyl (C=O) groups is 2. The Balaban J connectivity index is 1.05. The molecule has 5 aromatic carbocycles. The minimum atomic E-state index is -0.833. The lowest BCUT2D eigenvalue weighted by atomic mass is 9.88. The van der Waals surface area contributed by atoms with E-state index in [-0.39, 0.29) is 36.0 Å². The first kappa shape index (κ1) is 47.5. The summed E-state index contributed by atoms with van der Waals surface area (Å²) in [6.07, 6.45) is 4.54. The molecule has 0 saturated carbocycles. The van der Waals surface area contributed by atoms with E-state index < -0.39 is 17.7 Å². The van der Waals surface area contributed by atoms with Crippen molar-refractivity contribution >= 4 is 23.3 Å². The first-order valence-corrected chi connectivity index (χ1v) is 22.7. The number of hydrogen-bond acceptors (Lipinski definition) is 8. The Kier molecular flexibility index (Phi) is 16.8. The van der Waals surface area contributed by atoms with Crippen molar-refractivity contribution in [1.29, 1.82) is 0 Å². The van der Waals surface area contributed by atoms with E-state index >= 15 is 0 Å². The van der Waals surface area contributed by atoms with Gasteiger partial charge in [0.05, 0.1) is 23.5 Å². The number of aliphatic hydroxyl groups excluding tert-OH is 1. The van der Waals surface area contributed by atoms with Crippen molar-refractivity contribution in [1.82, 2.24) is 0 Å². The summed E-state index contributed by atoms with van der Waals surface area (Å²) in [6, 6.07) is 43.5. The van der Waals surface area contributed by atoms with E-state index in [9.17, 15) is 19.8 Å². The second-order valence-electron chi connectivity index (χ2n) is 17.9. The lowest BCUT2D eigenvalue weighted by Gasteiger charge is -2.27. The molecule has 64 heavy (non-hydrogen) atoms. The van der Waals surface area contributed by atoms with Crippen molar-refractivity contribution in [3.8, 4) is 28.0 Å². The maximum atomic E-state index is 13.1. The first-order chi connectivity index (χ1) is 30.8. The predicted molar refractivity (Wildman–Crippen MR) is 259 cm³/mol. The van der Waals surface area contributed by atoms with Crippen LogP contribution < -0.4 is 0 Å². The molecule has 5 aromatic rings. The predicted octanol–water partition coefficient (Wildman–Crippen LogP) is 12.1. The van der Waals surface area contributed by atoms with Gasteiger partial charge in [-0.05, 0) is 98.4 Å². The zero-order chi connectivity index (χ0) is 45.6. The highest BCUT2D eigenvalue weighted by atomic mass is 16.5. The van der Waals surface area contributed by atoms with E-state index in [4.69, 9.17) is 19.5 Å². The Labute approximate surface area is 379 Å². The van der Waals surface area contributed by atoms with Crippen LogP contribution in [0.3, 0.4) is 0 Å². The van der Waals surface area contributed by atoms with Crippen LogP contribution in [0, 0.1) is 11.8 Å². The molecule has 0 radical (unpaired) electrons. The number of ether oxygens (including phenoxy) is 2. The number of aliphatic imine (C=N–C) groups is 2. The molecule has 4 unspecified atom stereocenters. The number of aromatic hydroxyl groups is 1. The summed E-state index contributed by atoms with van der Waals surface area (Å²) in [5.74, 6) is 0.429. The van der Waals surface area contributed by atoms with Gasteiger partial charge >= 0.3 is 5.97 Å². The highest BCUT2D eigenvalue weighted by Gasteiger charge is 2.27. The van der Waals surface area contributed by atoms with Crippen molar-refractivity contribution in [2.24, 2.45) is 21.8 Å². The molecule has 0 spiro atoms. The number of rotatable bonds is 21. The van der Waals surface area contributed by atoms with Crippen LogP contribution in [0.4, 0.5) is 0 Å². The summed E-state index contributed by atoms with van der Waals surface area (Å²) >= 11 is 0. The van der Waals surface area contributed by atoms with Crippen LogP contribution in [0.2, 0.25) is 0 Å². The Morgan fingerprint density at radius 3 is 2.02 bits per heavy atom. The minimum absolute atomic E-state index is 0.00555. The molecule has 0 saturated heterocycles. The van der Waals surface area contributed by atoms with Crippen LogP contribution in [-0.2, 0) is 25.5 Å². The fraction of sp³-hybridized carbons (Fsp3) is 0.357. The SMILES string of the molecule is C=C(C)C(=O)OCC(O)CC(C)(C)OCCCCCC(=O)C(C)CCc1ccc(C2=NC(c3ccc(-c4ccccc4)cc3)=NC(c3ccc(-c4ccccc4)cc3)CC2C)c(O)c1. The number of amidine groups is 1. The summed E-state index contributed by atoms with van der Waals surface area (Å²) in [7, 11) is 0. The molecule has 6 rings (SSSR count). The number of carbonyl (C=O) groups excluding carboxylic acids is 2. The van der Waals surface area contributed by atoms with Crippen molar-refractivity contribution in [3.63, 3.8) is 0 Å². The fourth-order valence-electron chi connectivity index (χ4n) is 8.19. The van der Waals surface area contributed by atoms with E-state index in [0.717, 1.165) is 64.8 Å². The zero-order valence-corrected chi connectivity index (χ0v) is 38.1. The van der Waals surface area contributed by atoms with Crippen LogP contribution in [0.15, 0.2) is 150 Å². The molecule has 1 aliphatic rings. The number of aryl methyl sites for hydroxylation is 1. The molecule has 1 heterocycles. The van der Waals surface area contributed by atoms with Crippen LogP contribution in [-0.4, -0.2) is 58.4 Å². The summed E-state index contributed by atoms with van der Waals surface area (Å²) in [5.41, 5.74) is 8.80. The van der Waals surface area contributed by atoms with E-state index in [1.165, 1.54) is 5.56 Å². The van der Waals surface area contributed by atoms with Gasteiger partial charge < -0.3 is 19.7 Å². The topological polar surface area (TPSA) is 118 Å². The van der Waals surface area contributed by atoms with E-state index in [1.807, 2.05) is 63.2 Å².